The van der Waals surface area contributed by atoms with Gasteiger partial charge in [0, 0.05) is 5.92 Å². The van der Waals surface area contributed by atoms with Crippen molar-refractivity contribution in [3.8, 4) is 11.6 Å². The second-order valence-corrected chi connectivity index (χ2v) is 6.87. The zero-order chi connectivity index (χ0) is 15.0. The average molecular weight is 291 g/mol. The van der Waals surface area contributed by atoms with Gasteiger partial charge in [-0.25, -0.2) is 4.63 Å². The highest BCUT2D eigenvalue weighted by molar-refractivity contribution is 5.60. The van der Waals surface area contributed by atoms with Gasteiger partial charge in [-0.3, -0.25) is 0 Å². The van der Waals surface area contributed by atoms with E-state index in [2.05, 4.69) is 45.9 Å². The van der Waals surface area contributed by atoms with Crippen LogP contribution in [0.4, 0.5) is 5.82 Å². The third-order valence-electron chi connectivity index (χ3n) is 4.48. The van der Waals surface area contributed by atoms with Gasteiger partial charge in [-0.15, -0.1) is 0 Å². The average Bonchev–Trinajstić information content (AvgIpc) is 3.06. The molecule has 3 rings (SSSR count). The van der Waals surface area contributed by atoms with Crippen LogP contribution in [0.2, 0.25) is 0 Å². The van der Waals surface area contributed by atoms with Crippen molar-refractivity contribution in [1.82, 2.24) is 20.5 Å². The van der Waals surface area contributed by atoms with Crippen LogP contribution in [0, 0.1) is 11.3 Å². The van der Waals surface area contributed by atoms with Crippen molar-refractivity contribution in [3.63, 3.8) is 0 Å². The van der Waals surface area contributed by atoms with E-state index in [1.807, 2.05) is 0 Å². The third kappa shape index (κ3) is 2.77. The minimum atomic E-state index is 0.168. The molecule has 0 radical (unpaired) electrons. The van der Waals surface area contributed by atoms with Crippen molar-refractivity contribution in [2.45, 2.75) is 52.4 Å². The molecule has 0 amide bonds. The smallest absolute Gasteiger partial charge is 0.284 e. The van der Waals surface area contributed by atoms with Gasteiger partial charge < -0.3 is 10.3 Å². The summed E-state index contributed by atoms with van der Waals surface area (Å²) in [4.78, 5) is 4.40. The lowest BCUT2D eigenvalue weighted by atomic mass is 9.70. The zero-order valence-corrected chi connectivity index (χ0v) is 12.7. The summed E-state index contributed by atoms with van der Waals surface area (Å²) >= 11 is 0. The van der Waals surface area contributed by atoms with Crippen molar-refractivity contribution in [3.05, 3.63) is 5.82 Å². The molecule has 7 heteroatoms. The summed E-state index contributed by atoms with van der Waals surface area (Å²) < 4.78 is 9.79. The Kier molecular flexibility index (Phi) is 3.43. The Morgan fingerprint density at radius 1 is 1.05 bits per heavy atom. The summed E-state index contributed by atoms with van der Waals surface area (Å²) in [5.41, 5.74) is 6.32. The fraction of sp³-hybridized carbons (Fsp3) is 0.714. The van der Waals surface area contributed by atoms with Crippen molar-refractivity contribution in [2.24, 2.45) is 11.3 Å². The van der Waals surface area contributed by atoms with Gasteiger partial charge >= 0.3 is 0 Å². The second-order valence-electron chi connectivity index (χ2n) is 6.87. The quantitative estimate of drug-likeness (QED) is 0.906. The van der Waals surface area contributed by atoms with E-state index in [4.69, 9.17) is 10.3 Å². The number of nitrogen functional groups attached to an aromatic ring is 1. The minimum Gasteiger partial charge on any atom is -0.379 e. The summed E-state index contributed by atoms with van der Waals surface area (Å²) in [5.74, 6) is 2.29. The first-order valence-electron chi connectivity index (χ1n) is 7.37. The Morgan fingerprint density at radius 2 is 1.76 bits per heavy atom. The number of rotatable bonds is 2. The first-order chi connectivity index (χ1) is 9.95. The first-order valence-corrected chi connectivity index (χ1v) is 7.37. The molecule has 0 aromatic carbocycles. The van der Waals surface area contributed by atoms with E-state index in [0.29, 0.717) is 17.0 Å². The Morgan fingerprint density at radius 3 is 2.33 bits per heavy atom. The van der Waals surface area contributed by atoms with Gasteiger partial charge in [0.1, 0.15) is 0 Å². The predicted molar refractivity (Wildman–Crippen MR) is 76.2 cm³/mol. The fourth-order valence-electron chi connectivity index (χ4n) is 3.06. The highest BCUT2D eigenvalue weighted by atomic mass is 16.6. The van der Waals surface area contributed by atoms with Gasteiger partial charge in [-0.05, 0) is 47.3 Å². The Labute approximate surface area is 123 Å². The molecule has 2 aromatic rings. The number of aromatic nitrogens is 4. The molecule has 1 aliphatic rings. The third-order valence-corrected chi connectivity index (χ3v) is 4.48. The largest absolute Gasteiger partial charge is 0.379 e. The van der Waals surface area contributed by atoms with Gasteiger partial charge in [0.2, 0.25) is 11.5 Å². The van der Waals surface area contributed by atoms with Gasteiger partial charge in [-0.2, -0.15) is 4.98 Å². The van der Waals surface area contributed by atoms with Crippen LogP contribution in [-0.4, -0.2) is 20.5 Å². The maximum Gasteiger partial charge on any atom is 0.284 e. The van der Waals surface area contributed by atoms with Crippen LogP contribution in [0.25, 0.3) is 11.6 Å². The summed E-state index contributed by atoms with van der Waals surface area (Å²) in [6.45, 7) is 6.93. The van der Waals surface area contributed by atoms with Gasteiger partial charge in [-0.1, -0.05) is 25.9 Å². The fourth-order valence-corrected chi connectivity index (χ4v) is 3.06. The summed E-state index contributed by atoms with van der Waals surface area (Å²) in [6.07, 6.45) is 4.58. The maximum atomic E-state index is 5.63. The molecule has 0 bridgehead atoms. The molecule has 2 heterocycles. The molecule has 0 unspecified atom stereocenters. The van der Waals surface area contributed by atoms with Crippen LogP contribution in [-0.2, 0) is 0 Å². The molecular formula is C14H21N5O2. The SMILES string of the molecule is CC(C)(C)C1CCC(c2noc(-c3nonc3N)n2)CC1. The van der Waals surface area contributed by atoms with E-state index in [-0.39, 0.29) is 11.7 Å². The second kappa shape index (κ2) is 5.13. The molecule has 0 atom stereocenters. The Balaban J connectivity index is 1.70. The molecule has 114 valence electrons. The molecule has 7 nitrogen and oxygen atoms in total. The Bertz CT molecular complexity index is 605. The predicted octanol–water partition coefficient (Wildman–Crippen LogP) is 3.02. The van der Waals surface area contributed by atoms with Crippen molar-refractivity contribution < 1.29 is 9.15 Å². The van der Waals surface area contributed by atoms with Gasteiger partial charge in [0.15, 0.2) is 5.82 Å². The number of nitrogens with zero attached hydrogens (tertiary/aromatic N) is 4. The number of nitrogens with two attached hydrogens (primary N) is 1. The molecule has 2 N–H and O–H groups in total. The molecule has 0 aliphatic heterocycles. The van der Waals surface area contributed by atoms with E-state index >= 15 is 0 Å². The van der Waals surface area contributed by atoms with Crippen molar-refractivity contribution >= 4 is 5.82 Å². The van der Waals surface area contributed by atoms with Crippen LogP contribution in [0.3, 0.4) is 0 Å². The highest BCUT2D eigenvalue weighted by Crippen LogP contribution is 2.42. The number of anilines is 1. The molecule has 1 saturated carbocycles. The highest BCUT2D eigenvalue weighted by Gasteiger charge is 2.32. The zero-order valence-electron chi connectivity index (χ0n) is 12.7. The summed E-state index contributed by atoms with van der Waals surface area (Å²) in [5, 5.41) is 11.3. The van der Waals surface area contributed by atoms with Crippen LogP contribution in [0.15, 0.2) is 9.15 Å². The Hall–Kier alpha value is -1.92. The van der Waals surface area contributed by atoms with Gasteiger partial charge in [0.05, 0.1) is 0 Å². The summed E-state index contributed by atoms with van der Waals surface area (Å²) in [7, 11) is 0. The maximum absolute atomic E-state index is 5.63. The molecule has 1 fully saturated rings. The molecule has 0 spiro atoms. The minimum absolute atomic E-state index is 0.168. The normalized spacial score (nSPS) is 23.4. The van der Waals surface area contributed by atoms with Crippen LogP contribution >= 0.6 is 0 Å². The van der Waals surface area contributed by atoms with E-state index in [1.165, 1.54) is 12.8 Å². The van der Waals surface area contributed by atoms with E-state index < -0.39 is 0 Å². The molecular weight excluding hydrogens is 270 g/mol. The molecule has 21 heavy (non-hydrogen) atoms. The van der Waals surface area contributed by atoms with Gasteiger partial charge in [0.25, 0.3) is 5.89 Å². The van der Waals surface area contributed by atoms with E-state index in [0.717, 1.165) is 24.6 Å². The molecule has 1 aliphatic carbocycles. The topological polar surface area (TPSA) is 104 Å². The van der Waals surface area contributed by atoms with Crippen molar-refractivity contribution in [2.75, 3.05) is 5.73 Å². The lowest BCUT2D eigenvalue weighted by Crippen LogP contribution is -2.25. The summed E-state index contributed by atoms with van der Waals surface area (Å²) in [6, 6.07) is 0. The van der Waals surface area contributed by atoms with E-state index in [1.54, 1.807) is 0 Å². The monoisotopic (exact) mass is 291 g/mol. The van der Waals surface area contributed by atoms with Crippen LogP contribution in [0.5, 0.6) is 0 Å². The van der Waals surface area contributed by atoms with Crippen LogP contribution in [0.1, 0.15) is 58.2 Å². The molecule has 2 aromatic heterocycles. The van der Waals surface area contributed by atoms with Crippen molar-refractivity contribution in [1.29, 1.82) is 0 Å². The standard InChI is InChI=1S/C14H21N5O2/c1-14(2,3)9-6-4-8(5-7-9)12-16-13(20-19-12)10-11(15)18-21-17-10/h8-9H,4-7H2,1-3H3,(H2,15,18). The van der Waals surface area contributed by atoms with E-state index in [9.17, 15) is 0 Å². The van der Waals surface area contributed by atoms with Crippen LogP contribution < -0.4 is 5.73 Å². The number of hydrogen-bond donors (Lipinski definition) is 1. The number of hydrogen-bond acceptors (Lipinski definition) is 7. The molecule has 0 saturated heterocycles. The lowest BCUT2D eigenvalue weighted by molar-refractivity contribution is 0.166. The lowest BCUT2D eigenvalue weighted by Gasteiger charge is -2.36. The first kappa shape index (κ1) is 14.0.